The van der Waals surface area contributed by atoms with Crippen LogP contribution in [0.1, 0.15) is 30.0 Å². The monoisotopic (exact) mass is 289 g/mol. The van der Waals surface area contributed by atoms with Gasteiger partial charge in [-0.3, -0.25) is 4.90 Å². The van der Waals surface area contributed by atoms with Gasteiger partial charge in [0.15, 0.2) is 0 Å². The maximum atomic E-state index is 13.6. The molecule has 2 unspecified atom stereocenters. The minimum absolute atomic E-state index is 0.0290. The molecule has 21 heavy (non-hydrogen) atoms. The quantitative estimate of drug-likeness (QED) is 0.918. The van der Waals surface area contributed by atoms with Gasteiger partial charge in [0.25, 0.3) is 0 Å². The van der Waals surface area contributed by atoms with Crippen LogP contribution in [0.4, 0.5) is 4.39 Å². The fourth-order valence-corrected chi connectivity index (χ4v) is 3.16. The summed E-state index contributed by atoms with van der Waals surface area (Å²) in [5.74, 6) is -0.457. The molecule has 4 nitrogen and oxygen atoms in total. The van der Waals surface area contributed by atoms with E-state index in [4.69, 9.17) is 10.00 Å². The normalized spacial score (nSPS) is 26.5. The van der Waals surface area contributed by atoms with Gasteiger partial charge in [0.05, 0.1) is 24.3 Å². The smallest absolute Gasteiger partial charge is 0.140 e. The summed E-state index contributed by atoms with van der Waals surface area (Å²) in [6.07, 6.45) is 2.46. The van der Waals surface area contributed by atoms with Gasteiger partial charge in [0.2, 0.25) is 0 Å². The number of nitrogens with one attached hydrogen (secondary N) is 1. The SMILES string of the molecule is CNCC1OCCN(C2CC2)C1c1ccc(F)c(C#N)c1. The Bertz CT molecular complexity index is 551. The first-order chi connectivity index (χ1) is 10.2. The molecule has 0 amide bonds. The molecule has 1 saturated carbocycles. The Labute approximate surface area is 124 Å². The van der Waals surface area contributed by atoms with E-state index < -0.39 is 5.82 Å². The predicted octanol–water partition coefficient (Wildman–Crippen LogP) is 1.82. The molecule has 0 bridgehead atoms. The maximum absolute atomic E-state index is 13.6. The van der Waals surface area contributed by atoms with E-state index in [1.165, 1.54) is 18.9 Å². The lowest BCUT2D eigenvalue weighted by molar-refractivity contribution is -0.0740. The van der Waals surface area contributed by atoms with E-state index in [1.54, 1.807) is 12.1 Å². The van der Waals surface area contributed by atoms with Crippen molar-refractivity contribution in [3.63, 3.8) is 0 Å². The van der Waals surface area contributed by atoms with Crippen molar-refractivity contribution < 1.29 is 9.13 Å². The first-order valence-electron chi connectivity index (χ1n) is 7.46. The summed E-state index contributed by atoms with van der Waals surface area (Å²) >= 11 is 0. The lowest BCUT2D eigenvalue weighted by Gasteiger charge is -2.42. The second kappa shape index (κ2) is 6.10. The van der Waals surface area contributed by atoms with Crippen LogP contribution < -0.4 is 5.32 Å². The third-order valence-electron chi connectivity index (χ3n) is 4.26. The number of benzene rings is 1. The van der Waals surface area contributed by atoms with Crippen molar-refractivity contribution in [3.05, 3.63) is 35.1 Å². The summed E-state index contributed by atoms with van der Waals surface area (Å²) in [5, 5.41) is 12.2. The van der Waals surface area contributed by atoms with Crippen LogP contribution in [-0.2, 0) is 4.74 Å². The van der Waals surface area contributed by atoms with E-state index in [1.807, 2.05) is 13.1 Å². The van der Waals surface area contributed by atoms with Crippen molar-refractivity contribution in [3.8, 4) is 6.07 Å². The molecule has 1 saturated heterocycles. The van der Waals surface area contributed by atoms with Gasteiger partial charge in [-0.05, 0) is 37.6 Å². The molecule has 3 rings (SSSR count). The summed E-state index contributed by atoms with van der Waals surface area (Å²) in [6.45, 7) is 2.37. The number of nitriles is 1. The molecule has 2 aliphatic rings. The lowest BCUT2D eigenvalue weighted by atomic mass is 9.96. The van der Waals surface area contributed by atoms with E-state index in [2.05, 4.69) is 10.2 Å². The van der Waals surface area contributed by atoms with Gasteiger partial charge in [-0.2, -0.15) is 5.26 Å². The zero-order valence-electron chi connectivity index (χ0n) is 12.2. The van der Waals surface area contributed by atoms with Crippen molar-refractivity contribution in [1.82, 2.24) is 10.2 Å². The molecule has 112 valence electrons. The molecular weight excluding hydrogens is 269 g/mol. The van der Waals surface area contributed by atoms with Crippen LogP contribution in [0.15, 0.2) is 18.2 Å². The first-order valence-corrected chi connectivity index (χ1v) is 7.46. The number of hydrogen-bond donors (Lipinski definition) is 1. The van der Waals surface area contributed by atoms with E-state index in [-0.39, 0.29) is 17.7 Å². The zero-order valence-corrected chi connectivity index (χ0v) is 12.2. The zero-order chi connectivity index (χ0) is 14.8. The molecule has 1 aromatic carbocycles. The molecule has 0 radical (unpaired) electrons. The van der Waals surface area contributed by atoms with E-state index in [0.717, 1.165) is 25.3 Å². The van der Waals surface area contributed by atoms with Crippen molar-refractivity contribution in [2.75, 3.05) is 26.7 Å². The molecular formula is C16H20FN3O. The van der Waals surface area contributed by atoms with Crippen LogP contribution in [0.5, 0.6) is 0 Å². The number of rotatable bonds is 4. The molecule has 1 heterocycles. The topological polar surface area (TPSA) is 48.3 Å². The molecule has 1 aliphatic carbocycles. The highest BCUT2D eigenvalue weighted by Gasteiger charge is 2.41. The Hall–Kier alpha value is -1.48. The van der Waals surface area contributed by atoms with E-state index >= 15 is 0 Å². The summed E-state index contributed by atoms with van der Waals surface area (Å²) in [5.41, 5.74) is 1.08. The third kappa shape index (κ3) is 2.93. The number of nitrogens with zero attached hydrogens (tertiary/aromatic N) is 2. The summed E-state index contributed by atoms with van der Waals surface area (Å²) in [6, 6.07) is 7.48. The second-order valence-corrected chi connectivity index (χ2v) is 5.73. The Morgan fingerprint density at radius 2 is 2.29 bits per heavy atom. The number of morpholine rings is 1. The first kappa shape index (κ1) is 14.5. The van der Waals surface area contributed by atoms with Crippen molar-refractivity contribution in [1.29, 1.82) is 5.26 Å². The Kier molecular flexibility index (Phi) is 4.20. The maximum Gasteiger partial charge on any atom is 0.140 e. The number of ether oxygens (including phenoxy) is 1. The molecule has 1 aliphatic heterocycles. The van der Waals surface area contributed by atoms with Crippen LogP contribution in [0.2, 0.25) is 0 Å². The van der Waals surface area contributed by atoms with Crippen LogP contribution in [0.25, 0.3) is 0 Å². The standard InChI is InChI=1S/C16H20FN3O/c1-19-10-15-16(20(6-7-21-15)13-3-4-13)11-2-5-14(17)12(8-11)9-18/h2,5,8,13,15-16,19H,3-4,6-7,10H2,1H3. The third-order valence-corrected chi connectivity index (χ3v) is 4.26. The van der Waals surface area contributed by atoms with Gasteiger partial charge in [-0.25, -0.2) is 4.39 Å². The second-order valence-electron chi connectivity index (χ2n) is 5.73. The summed E-state index contributed by atoms with van der Waals surface area (Å²) in [7, 11) is 1.90. The summed E-state index contributed by atoms with van der Waals surface area (Å²) < 4.78 is 19.5. The average Bonchev–Trinajstić information content (AvgIpc) is 3.33. The minimum atomic E-state index is -0.457. The molecule has 1 aromatic rings. The van der Waals surface area contributed by atoms with Gasteiger partial charge in [-0.1, -0.05) is 6.07 Å². The molecule has 5 heteroatoms. The van der Waals surface area contributed by atoms with Gasteiger partial charge in [-0.15, -0.1) is 0 Å². The van der Waals surface area contributed by atoms with Gasteiger partial charge in [0, 0.05) is 19.1 Å². The van der Waals surface area contributed by atoms with E-state index in [9.17, 15) is 4.39 Å². The highest BCUT2D eigenvalue weighted by molar-refractivity contribution is 5.36. The average molecular weight is 289 g/mol. The van der Waals surface area contributed by atoms with Gasteiger partial charge < -0.3 is 10.1 Å². The van der Waals surface area contributed by atoms with Crippen molar-refractivity contribution in [2.45, 2.75) is 31.0 Å². The van der Waals surface area contributed by atoms with E-state index in [0.29, 0.717) is 6.04 Å². The van der Waals surface area contributed by atoms with Crippen LogP contribution in [0.3, 0.4) is 0 Å². The number of halogens is 1. The molecule has 2 atom stereocenters. The number of likely N-dealkylation sites (N-methyl/N-ethyl adjacent to an activating group) is 1. The molecule has 2 fully saturated rings. The Morgan fingerprint density at radius 3 is 2.95 bits per heavy atom. The van der Waals surface area contributed by atoms with Crippen LogP contribution in [-0.4, -0.2) is 43.8 Å². The Morgan fingerprint density at radius 1 is 1.48 bits per heavy atom. The highest BCUT2D eigenvalue weighted by atomic mass is 19.1. The summed E-state index contributed by atoms with van der Waals surface area (Å²) in [4.78, 5) is 2.46. The van der Waals surface area contributed by atoms with Crippen LogP contribution >= 0.6 is 0 Å². The number of hydrogen-bond acceptors (Lipinski definition) is 4. The fraction of sp³-hybridized carbons (Fsp3) is 0.562. The van der Waals surface area contributed by atoms with Crippen molar-refractivity contribution >= 4 is 0 Å². The van der Waals surface area contributed by atoms with Gasteiger partial charge in [0.1, 0.15) is 11.9 Å². The minimum Gasteiger partial charge on any atom is -0.374 e. The molecule has 0 aromatic heterocycles. The highest BCUT2D eigenvalue weighted by Crippen LogP contribution is 2.39. The largest absolute Gasteiger partial charge is 0.374 e. The molecule has 1 N–H and O–H groups in total. The van der Waals surface area contributed by atoms with Gasteiger partial charge >= 0.3 is 0 Å². The molecule has 0 spiro atoms. The fourth-order valence-electron chi connectivity index (χ4n) is 3.16. The van der Waals surface area contributed by atoms with Crippen LogP contribution in [0, 0.1) is 17.1 Å². The predicted molar refractivity (Wildman–Crippen MR) is 77.3 cm³/mol. The van der Waals surface area contributed by atoms with Crippen molar-refractivity contribution in [2.24, 2.45) is 0 Å². The Balaban J connectivity index is 1.94. The lowest BCUT2D eigenvalue weighted by Crippen LogP contribution is -2.49.